The van der Waals surface area contributed by atoms with Gasteiger partial charge in [0.15, 0.2) is 5.96 Å². The third-order valence-corrected chi connectivity index (χ3v) is 3.67. The second-order valence-corrected chi connectivity index (χ2v) is 6.68. The van der Waals surface area contributed by atoms with Crippen LogP contribution in [0.3, 0.4) is 0 Å². The van der Waals surface area contributed by atoms with Gasteiger partial charge in [-0.15, -0.1) is 0 Å². The minimum Gasteiger partial charge on any atom is -0.493 e. The Labute approximate surface area is 151 Å². The Bertz CT molecular complexity index is 553. The zero-order valence-corrected chi connectivity index (χ0v) is 16.3. The molecule has 0 aliphatic rings. The Morgan fingerprint density at radius 3 is 2.36 bits per heavy atom. The van der Waals surface area contributed by atoms with E-state index in [4.69, 9.17) is 4.74 Å². The number of rotatable bonds is 8. The Hall–Kier alpha value is -2.24. The van der Waals surface area contributed by atoms with Gasteiger partial charge in [-0.3, -0.25) is 9.79 Å². The summed E-state index contributed by atoms with van der Waals surface area (Å²) in [4.78, 5) is 17.4. The first-order chi connectivity index (χ1) is 11.8. The predicted molar refractivity (Wildman–Crippen MR) is 103 cm³/mol. The standard InChI is InChI=1S/C19H32N4O2/c1-14(2)13-25-17-9-7-16(8-10-17)15(3)22-19(20-4)21-12-11-18(24)23(5)6/h7-10,14-15H,11-13H2,1-6H3,(H2,20,21,22). The Morgan fingerprint density at radius 2 is 1.84 bits per heavy atom. The molecule has 1 amide bonds. The number of hydrogen-bond acceptors (Lipinski definition) is 3. The minimum absolute atomic E-state index is 0.0907. The molecule has 25 heavy (non-hydrogen) atoms. The van der Waals surface area contributed by atoms with E-state index in [1.807, 2.05) is 12.1 Å². The van der Waals surface area contributed by atoms with E-state index < -0.39 is 0 Å². The van der Waals surface area contributed by atoms with Gasteiger partial charge in [-0.1, -0.05) is 26.0 Å². The van der Waals surface area contributed by atoms with E-state index in [-0.39, 0.29) is 11.9 Å². The number of benzene rings is 1. The average Bonchev–Trinajstić information content (AvgIpc) is 2.59. The number of nitrogens with zero attached hydrogens (tertiary/aromatic N) is 2. The van der Waals surface area contributed by atoms with E-state index in [0.717, 1.165) is 17.9 Å². The van der Waals surface area contributed by atoms with Crippen molar-refractivity contribution >= 4 is 11.9 Å². The van der Waals surface area contributed by atoms with Gasteiger partial charge < -0.3 is 20.3 Å². The predicted octanol–water partition coefficient (Wildman–Crippen LogP) is 2.43. The molecule has 0 aliphatic carbocycles. The lowest BCUT2D eigenvalue weighted by Crippen LogP contribution is -2.40. The van der Waals surface area contributed by atoms with Crippen molar-refractivity contribution < 1.29 is 9.53 Å². The quantitative estimate of drug-likeness (QED) is 0.559. The van der Waals surface area contributed by atoms with Crippen LogP contribution in [0.2, 0.25) is 0 Å². The number of aliphatic imine (C=N–C) groups is 1. The van der Waals surface area contributed by atoms with Crippen molar-refractivity contribution in [2.45, 2.75) is 33.2 Å². The molecule has 1 rings (SSSR count). The fourth-order valence-electron chi connectivity index (χ4n) is 2.11. The molecule has 140 valence electrons. The molecular weight excluding hydrogens is 316 g/mol. The van der Waals surface area contributed by atoms with Crippen molar-refractivity contribution in [1.29, 1.82) is 0 Å². The van der Waals surface area contributed by atoms with E-state index in [1.54, 1.807) is 26.0 Å². The molecule has 1 atom stereocenters. The molecule has 0 saturated heterocycles. The molecule has 6 heteroatoms. The van der Waals surface area contributed by atoms with Crippen LogP contribution in [0.4, 0.5) is 0 Å². The minimum atomic E-state index is 0.0907. The SMILES string of the molecule is CN=C(NCCC(=O)N(C)C)NC(C)c1ccc(OCC(C)C)cc1. The molecule has 2 N–H and O–H groups in total. The highest BCUT2D eigenvalue weighted by Crippen LogP contribution is 2.18. The number of carbonyl (C=O) groups excluding carboxylic acids is 1. The first kappa shape index (κ1) is 20.8. The van der Waals surface area contributed by atoms with E-state index >= 15 is 0 Å². The molecule has 0 spiro atoms. The summed E-state index contributed by atoms with van der Waals surface area (Å²) in [6, 6.07) is 8.17. The van der Waals surface area contributed by atoms with Gasteiger partial charge in [0, 0.05) is 34.1 Å². The summed E-state index contributed by atoms with van der Waals surface area (Å²) < 4.78 is 5.71. The summed E-state index contributed by atoms with van der Waals surface area (Å²) in [7, 11) is 5.23. The monoisotopic (exact) mass is 348 g/mol. The first-order valence-electron chi connectivity index (χ1n) is 8.73. The maximum Gasteiger partial charge on any atom is 0.223 e. The van der Waals surface area contributed by atoms with Crippen molar-refractivity contribution in [3.63, 3.8) is 0 Å². The molecule has 1 aromatic rings. The Morgan fingerprint density at radius 1 is 1.20 bits per heavy atom. The van der Waals surface area contributed by atoms with Crippen LogP contribution in [0.25, 0.3) is 0 Å². The number of carbonyl (C=O) groups is 1. The highest BCUT2D eigenvalue weighted by Gasteiger charge is 2.09. The Balaban J connectivity index is 2.49. The van der Waals surface area contributed by atoms with Gasteiger partial charge in [-0.25, -0.2) is 0 Å². The van der Waals surface area contributed by atoms with Gasteiger partial charge >= 0.3 is 0 Å². The third-order valence-electron chi connectivity index (χ3n) is 3.67. The lowest BCUT2D eigenvalue weighted by atomic mass is 10.1. The summed E-state index contributed by atoms with van der Waals surface area (Å²) in [6.07, 6.45) is 0.434. The van der Waals surface area contributed by atoms with Crippen molar-refractivity contribution in [1.82, 2.24) is 15.5 Å². The molecule has 0 aliphatic heterocycles. The van der Waals surface area contributed by atoms with E-state index in [9.17, 15) is 4.79 Å². The van der Waals surface area contributed by atoms with Crippen LogP contribution in [-0.2, 0) is 4.79 Å². The van der Waals surface area contributed by atoms with Gasteiger partial charge in [0.1, 0.15) is 5.75 Å². The maximum atomic E-state index is 11.6. The largest absolute Gasteiger partial charge is 0.493 e. The number of hydrogen-bond donors (Lipinski definition) is 2. The molecule has 6 nitrogen and oxygen atoms in total. The summed E-state index contributed by atoms with van der Waals surface area (Å²) in [6.45, 7) is 7.60. The van der Waals surface area contributed by atoms with E-state index in [0.29, 0.717) is 24.8 Å². The smallest absolute Gasteiger partial charge is 0.223 e. The second-order valence-electron chi connectivity index (χ2n) is 6.68. The average molecular weight is 348 g/mol. The molecule has 0 fully saturated rings. The van der Waals surface area contributed by atoms with Crippen molar-refractivity contribution in [3.8, 4) is 5.75 Å². The maximum absolute atomic E-state index is 11.6. The van der Waals surface area contributed by atoms with Crippen LogP contribution in [0.15, 0.2) is 29.3 Å². The Kier molecular flexibility index (Phi) is 8.81. The molecule has 0 bridgehead atoms. The number of amides is 1. The molecular formula is C19H32N4O2. The zero-order chi connectivity index (χ0) is 18.8. The van der Waals surface area contributed by atoms with Gasteiger partial charge in [-0.2, -0.15) is 0 Å². The van der Waals surface area contributed by atoms with Crippen molar-refractivity contribution in [2.75, 3.05) is 34.3 Å². The number of nitrogens with one attached hydrogen (secondary N) is 2. The highest BCUT2D eigenvalue weighted by molar-refractivity contribution is 5.81. The lowest BCUT2D eigenvalue weighted by Gasteiger charge is -2.19. The van der Waals surface area contributed by atoms with Gasteiger partial charge in [0.05, 0.1) is 12.6 Å². The fourth-order valence-corrected chi connectivity index (χ4v) is 2.11. The first-order valence-corrected chi connectivity index (χ1v) is 8.73. The second kappa shape index (κ2) is 10.6. The van der Waals surface area contributed by atoms with Crippen LogP contribution >= 0.6 is 0 Å². The van der Waals surface area contributed by atoms with Crippen LogP contribution < -0.4 is 15.4 Å². The molecule has 1 aromatic carbocycles. The van der Waals surface area contributed by atoms with Crippen molar-refractivity contribution in [3.05, 3.63) is 29.8 Å². The van der Waals surface area contributed by atoms with Crippen LogP contribution in [-0.4, -0.2) is 51.1 Å². The van der Waals surface area contributed by atoms with Crippen LogP contribution in [0.5, 0.6) is 5.75 Å². The van der Waals surface area contributed by atoms with Crippen LogP contribution in [0.1, 0.15) is 38.8 Å². The number of guanidine groups is 1. The third kappa shape index (κ3) is 7.92. The summed E-state index contributed by atoms with van der Waals surface area (Å²) >= 11 is 0. The van der Waals surface area contributed by atoms with Gasteiger partial charge in [-0.05, 0) is 30.5 Å². The summed E-state index contributed by atoms with van der Waals surface area (Å²) in [5, 5.41) is 6.50. The van der Waals surface area contributed by atoms with Gasteiger partial charge in [0.25, 0.3) is 0 Å². The fraction of sp³-hybridized carbons (Fsp3) is 0.579. The zero-order valence-electron chi connectivity index (χ0n) is 16.3. The normalized spacial score (nSPS) is 12.7. The molecule has 0 radical (unpaired) electrons. The van der Waals surface area contributed by atoms with Crippen molar-refractivity contribution in [2.24, 2.45) is 10.9 Å². The van der Waals surface area contributed by atoms with E-state index in [1.165, 1.54) is 0 Å². The lowest BCUT2D eigenvalue weighted by molar-refractivity contribution is -0.128. The summed E-state index contributed by atoms with van der Waals surface area (Å²) in [5.41, 5.74) is 1.14. The number of ether oxygens (including phenoxy) is 1. The molecule has 0 heterocycles. The van der Waals surface area contributed by atoms with Gasteiger partial charge in [0.2, 0.25) is 5.91 Å². The molecule has 0 aromatic heterocycles. The van der Waals surface area contributed by atoms with Crippen LogP contribution in [0, 0.1) is 5.92 Å². The highest BCUT2D eigenvalue weighted by atomic mass is 16.5. The van der Waals surface area contributed by atoms with E-state index in [2.05, 4.69) is 48.5 Å². The molecule has 0 saturated carbocycles. The molecule has 1 unspecified atom stereocenters. The topological polar surface area (TPSA) is 66.0 Å². The summed E-state index contributed by atoms with van der Waals surface area (Å²) in [5.74, 6) is 2.16.